The zero-order chi connectivity index (χ0) is 9.90. The Bertz CT molecular complexity index is 283. The Balaban J connectivity index is 2.20. The van der Waals surface area contributed by atoms with Gasteiger partial charge in [-0.1, -0.05) is 25.1 Å². The second kappa shape index (κ2) is 4.34. The number of nitrogens with two attached hydrogens (primary N) is 1. The van der Waals surface area contributed by atoms with E-state index >= 15 is 0 Å². The summed E-state index contributed by atoms with van der Waals surface area (Å²) in [5, 5.41) is 0. The van der Waals surface area contributed by atoms with Crippen LogP contribution in [0.4, 0.5) is 0 Å². The van der Waals surface area contributed by atoms with Gasteiger partial charge in [0, 0.05) is 6.54 Å². The molecule has 1 rings (SSSR count). The van der Waals surface area contributed by atoms with Gasteiger partial charge in [0.1, 0.15) is 5.75 Å². The van der Waals surface area contributed by atoms with Gasteiger partial charge in [-0.15, -0.1) is 0 Å². The van der Waals surface area contributed by atoms with Crippen LogP contribution in [0.2, 0.25) is 0 Å². The zero-order valence-corrected chi connectivity index (χ0v) is 8.96. The van der Waals surface area contributed by atoms with Crippen molar-refractivity contribution >= 4 is 27.2 Å². The molecule has 0 aromatic heterocycles. The molecule has 1 aliphatic carbocycles. The molecule has 1 aliphatic rings. The van der Waals surface area contributed by atoms with E-state index in [0.717, 1.165) is 12.3 Å². The van der Waals surface area contributed by atoms with E-state index in [1.807, 2.05) is 0 Å². The largest absolute Gasteiger partial charge is 0.392 e. The summed E-state index contributed by atoms with van der Waals surface area (Å²) in [5.74, 6) is 0.486. The Morgan fingerprint density at radius 3 is 2.62 bits per heavy atom. The fourth-order valence-electron chi connectivity index (χ4n) is 1.06. The van der Waals surface area contributed by atoms with Gasteiger partial charge in [-0.25, -0.2) is 13.1 Å². The maximum atomic E-state index is 11.2. The predicted octanol–water partition coefficient (Wildman–Crippen LogP) is -0.00800. The number of thiocarbonyl (C=S) groups is 1. The lowest BCUT2D eigenvalue weighted by molar-refractivity contribution is 0.579. The summed E-state index contributed by atoms with van der Waals surface area (Å²) in [5.41, 5.74) is 5.13. The van der Waals surface area contributed by atoms with E-state index in [1.165, 1.54) is 12.8 Å². The van der Waals surface area contributed by atoms with Gasteiger partial charge in [-0.3, -0.25) is 0 Å². The monoisotopic (exact) mass is 222 g/mol. The van der Waals surface area contributed by atoms with E-state index in [0.29, 0.717) is 6.54 Å². The Kier molecular flexibility index (Phi) is 3.63. The molecule has 0 saturated heterocycles. The van der Waals surface area contributed by atoms with Crippen molar-refractivity contribution in [3.05, 3.63) is 0 Å². The Morgan fingerprint density at radius 2 is 2.15 bits per heavy atom. The molecule has 1 fully saturated rings. The molecule has 0 heterocycles. The summed E-state index contributed by atoms with van der Waals surface area (Å²) in [6, 6.07) is 0. The summed E-state index contributed by atoms with van der Waals surface area (Å²) >= 11 is 4.52. The number of rotatable bonds is 6. The first kappa shape index (κ1) is 10.9. The molecule has 13 heavy (non-hydrogen) atoms. The van der Waals surface area contributed by atoms with Crippen molar-refractivity contribution in [1.29, 1.82) is 0 Å². The molecule has 0 aromatic carbocycles. The van der Waals surface area contributed by atoms with E-state index < -0.39 is 10.0 Å². The molecule has 0 atom stereocenters. The van der Waals surface area contributed by atoms with Gasteiger partial charge in [0.2, 0.25) is 10.0 Å². The van der Waals surface area contributed by atoms with E-state index in [2.05, 4.69) is 16.9 Å². The van der Waals surface area contributed by atoms with Crippen LogP contribution in [0.3, 0.4) is 0 Å². The van der Waals surface area contributed by atoms with Gasteiger partial charge < -0.3 is 5.73 Å². The second-order valence-corrected chi connectivity index (χ2v) is 5.68. The van der Waals surface area contributed by atoms with Gasteiger partial charge in [0.05, 0.1) is 4.99 Å². The molecule has 4 nitrogen and oxygen atoms in total. The molecule has 0 unspecified atom stereocenters. The Labute approximate surface area is 83.9 Å². The molecule has 0 aromatic rings. The van der Waals surface area contributed by atoms with Crippen molar-refractivity contribution in [2.24, 2.45) is 11.7 Å². The highest BCUT2D eigenvalue weighted by Gasteiger charge is 2.21. The molecular formula is C7H14N2O2S2. The molecule has 0 radical (unpaired) electrons. The predicted molar refractivity (Wildman–Crippen MR) is 55.9 cm³/mol. The molecule has 0 aliphatic heterocycles. The maximum absolute atomic E-state index is 11.2. The lowest BCUT2D eigenvalue weighted by atomic mass is 10.3. The van der Waals surface area contributed by atoms with Crippen molar-refractivity contribution in [3.8, 4) is 0 Å². The first-order chi connectivity index (χ1) is 5.99. The van der Waals surface area contributed by atoms with Crippen molar-refractivity contribution in [1.82, 2.24) is 4.72 Å². The normalized spacial score (nSPS) is 17.2. The highest BCUT2D eigenvalue weighted by Crippen LogP contribution is 2.31. The first-order valence-electron chi connectivity index (χ1n) is 4.25. The number of sulfonamides is 1. The molecule has 0 spiro atoms. The van der Waals surface area contributed by atoms with Crippen LogP contribution in [0.15, 0.2) is 0 Å². The minimum atomic E-state index is -3.26. The Hall–Kier alpha value is -0.200. The van der Waals surface area contributed by atoms with E-state index in [1.54, 1.807) is 0 Å². The molecule has 76 valence electrons. The summed E-state index contributed by atoms with van der Waals surface area (Å²) < 4.78 is 24.8. The van der Waals surface area contributed by atoms with Crippen LogP contribution >= 0.6 is 12.2 Å². The number of hydrogen-bond donors (Lipinski definition) is 2. The zero-order valence-electron chi connectivity index (χ0n) is 7.32. The smallest absolute Gasteiger partial charge is 0.218 e. The van der Waals surface area contributed by atoms with Crippen molar-refractivity contribution in [2.75, 3.05) is 12.3 Å². The topological polar surface area (TPSA) is 72.2 Å². The van der Waals surface area contributed by atoms with Gasteiger partial charge >= 0.3 is 0 Å². The fraction of sp³-hybridized carbons (Fsp3) is 0.857. The lowest BCUT2D eigenvalue weighted by Gasteiger charge is -2.04. The van der Waals surface area contributed by atoms with Crippen LogP contribution < -0.4 is 10.5 Å². The average molecular weight is 222 g/mol. The molecule has 3 N–H and O–H groups in total. The van der Waals surface area contributed by atoms with Crippen LogP contribution in [-0.2, 0) is 10.0 Å². The minimum absolute atomic E-state index is 0.0129. The van der Waals surface area contributed by atoms with Crippen molar-refractivity contribution in [3.63, 3.8) is 0 Å². The SMILES string of the molecule is NC(=S)CS(=O)(=O)NCCC1CC1. The lowest BCUT2D eigenvalue weighted by Crippen LogP contribution is -2.33. The highest BCUT2D eigenvalue weighted by molar-refractivity contribution is 7.92. The second-order valence-electron chi connectivity index (χ2n) is 3.35. The van der Waals surface area contributed by atoms with E-state index in [4.69, 9.17) is 5.73 Å². The van der Waals surface area contributed by atoms with Crippen LogP contribution in [0.25, 0.3) is 0 Å². The van der Waals surface area contributed by atoms with Gasteiger partial charge in [-0.05, 0) is 12.3 Å². The summed E-state index contributed by atoms with van der Waals surface area (Å²) in [6.07, 6.45) is 3.39. The van der Waals surface area contributed by atoms with Crippen LogP contribution in [0.1, 0.15) is 19.3 Å². The van der Waals surface area contributed by atoms with E-state index in [9.17, 15) is 8.42 Å². The van der Waals surface area contributed by atoms with Crippen LogP contribution in [-0.4, -0.2) is 25.7 Å². The summed E-state index contributed by atoms with van der Waals surface area (Å²) in [4.78, 5) is 0.0129. The minimum Gasteiger partial charge on any atom is -0.392 e. The van der Waals surface area contributed by atoms with Gasteiger partial charge in [-0.2, -0.15) is 0 Å². The molecule has 1 saturated carbocycles. The standard InChI is InChI=1S/C7H14N2O2S2/c8-7(12)5-13(10,11)9-4-3-6-1-2-6/h6,9H,1-5H2,(H2,8,12). The third-order valence-electron chi connectivity index (χ3n) is 1.90. The third kappa shape index (κ3) is 5.17. The van der Waals surface area contributed by atoms with E-state index in [-0.39, 0.29) is 10.7 Å². The summed E-state index contributed by atoms with van der Waals surface area (Å²) in [7, 11) is -3.26. The molecule has 0 bridgehead atoms. The van der Waals surface area contributed by atoms with Gasteiger partial charge in [0.15, 0.2) is 0 Å². The number of nitrogens with one attached hydrogen (secondary N) is 1. The van der Waals surface area contributed by atoms with Crippen LogP contribution in [0, 0.1) is 5.92 Å². The fourth-order valence-corrected chi connectivity index (χ4v) is 2.43. The Morgan fingerprint density at radius 1 is 1.54 bits per heavy atom. The average Bonchev–Trinajstić information content (AvgIpc) is 2.67. The quantitative estimate of drug-likeness (QED) is 0.620. The summed E-state index contributed by atoms with van der Waals surface area (Å²) in [6.45, 7) is 0.510. The van der Waals surface area contributed by atoms with Gasteiger partial charge in [0.25, 0.3) is 0 Å². The highest BCUT2D eigenvalue weighted by atomic mass is 32.2. The van der Waals surface area contributed by atoms with Crippen molar-refractivity contribution < 1.29 is 8.42 Å². The maximum Gasteiger partial charge on any atom is 0.218 e. The number of hydrogen-bond acceptors (Lipinski definition) is 3. The van der Waals surface area contributed by atoms with Crippen molar-refractivity contribution in [2.45, 2.75) is 19.3 Å². The third-order valence-corrected chi connectivity index (χ3v) is 3.57. The first-order valence-corrected chi connectivity index (χ1v) is 6.31. The molecule has 0 amide bonds. The molecular weight excluding hydrogens is 208 g/mol. The molecule has 6 heteroatoms. The van der Waals surface area contributed by atoms with Crippen LogP contribution in [0.5, 0.6) is 0 Å².